The van der Waals surface area contributed by atoms with Crippen LogP contribution >= 0.6 is 0 Å². The molecule has 0 aliphatic carbocycles. The standard InChI is InChI=1S/C22H19NO4/c24-22(23-14-18-15-26-20-10-4-5-11-21(20)27-18)19(13-17-9-6-12-25-17)16-7-2-1-3-8-16/h1-13,18H,14-15H2,(H,23,24)/b19-13+/t18-/m0/s1. The Morgan fingerprint density at radius 1 is 1.00 bits per heavy atom. The number of nitrogens with one attached hydrogen (secondary N) is 1. The Kier molecular flexibility index (Phi) is 4.92. The Hall–Kier alpha value is -3.47. The molecule has 0 bridgehead atoms. The highest BCUT2D eigenvalue weighted by Gasteiger charge is 2.22. The first-order chi connectivity index (χ1) is 13.3. The van der Waals surface area contributed by atoms with E-state index in [1.807, 2.05) is 60.7 Å². The molecule has 0 fully saturated rings. The highest BCUT2D eigenvalue weighted by atomic mass is 16.6. The van der Waals surface area contributed by atoms with Gasteiger partial charge in [-0.05, 0) is 35.9 Å². The van der Waals surface area contributed by atoms with Gasteiger partial charge in [-0.25, -0.2) is 0 Å². The minimum absolute atomic E-state index is 0.194. The third-order valence-electron chi connectivity index (χ3n) is 4.22. The highest BCUT2D eigenvalue weighted by Crippen LogP contribution is 2.30. The number of hydrogen-bond donors (Lipinski definition) is 1. The summed E-state index contributed by atoms with van der Waals surface area (Å²) in [5.41, 5.74) is 1.35. The van der Waals surface area contributed by atoms with Gasteiger partial charge >= 0.3 is 0 Å². The summed E-state index contributed by atoms with van der Waals surface area (Å²) in [7, 11) is 0. The number of fused-ring (bicyclic) bond motifs is 1. The molecule has 3 aromatic rings. The minimum Gasteiger partial charge on any atom is -0.486 e. The smallest absolute Gasteiger partial charge is 0.252 e. The Bertz CT molecular complexity index is 932. The molecule has 0 spiro atoms. The number of furan rings is 1. The molecule has 2 heterocycles. The molecule has 1 aliphatic heterocycles. The molecule has 0 saturated carbocycles. The van der Waals surface area contributed by atoms with Crippen LogP contribution in [0.25, 0.3) is 11.6 Å². The Labute approximate surface area is 157 Å². The highest BCUT2D eigenvalue weighted by molar-refractivity contribution is 6.24. The summed E-state index contributed by atoms with van der Waals surface area (Å²) in [5.74, 6) is 1.84. The second-order valence-corrected chi connectivity index (χ2v) is 6.15. The molecular formula is C22H19NO4. The lowest BCUT2D eigenvalue weighted by molar-refractivity contribution is -0.116. The third kappa shape index (κ3) is 4.03. The molecule has 1 N–H and O–H groups in total. The molecule has 136 valence electrons. The monoisotopic (exact) mass is 361 g/mol. The van der Waals surface area contributed by atoms with Crippen LogP contribution in [-0.2, 0) is 4.79 Å². The van der Waals surface area contributed by atoms with E-state index in [1.165, 1.54) is 0 Å². The van der Waals surface area contributed by atoms with Crippen LogP contribution in [0.2, 0.25) is 0 Å². The summed E-state index contributed by atoms with van der Waals surface area (Å²) in [6.07, 6.45) is 3.07. The Morgan fingerprint density at radius 3 is 2.56 bits per heavy atom. The lowest BCUT2D eigenvalue weighted by Gasteiger charge is -2.26. The van der Waals surface area contributed by atoms with Gasteiger partial charge in [-0.2, -0.15) is 0 Å². The van der Waals surface area contributed by atoms with E-state index >= 15 is 0 Å². The van der Waals surface area contributed by atoms with Gasteiger partial charge in [0.15, 0.2) is 11.5 Å². The number of carbonyl (C=O) groups excluding carboxylic acids is 1. The minimum atomic E-state index is -0.246. The summed E-state index contributed by atoms with van der Waals surface area (Å²) in [5, 5.41) is 2.94. The number of rotatable bonds is 5. The van der Waals surface area contributed by atoms with Crippen LogP contribution in [0.1, 0.15) is 11.3 Å². The maximum Gasteiger partial charge on any atom is 0.252 e. The summed E-state index contributed by atoms with van der Waals surface area (Å²) in [6, 6.07) is 20.6. The molecule has 2 aromatic carbocycles. The normalized spacial score (nSPS) is 16.0. The number of para-hydroxylation sites is 2. The second-order valence-electron chi connectivity index (χ2n) is 6.15. The average Bonchev–Trinajstić information content (AvgIpc) is 3.24. The number of benzene rings is 2. The maximum atomic E-state index is 12.8. The van der Waals surface area contributed by atoms with Gasteiger partial charge in [0.05, 0.1) is 18.4 Å². The van der Waals surface area contributed by atoms with Gasteiger partial charge < -0.3 is 19.2 Å². The van der Waals surface area contributed by atoms with Crippen molar-refractivity contribution in [1.82, 2.24) is 5.32 Å². The summed E-state index contributed by atoms with van der Waals surface area (Å²) >= 11 is 0. The molecule has 0 saturated heterocycles. The van der Waals surface area contributed by atoms with Crippen molar-refractivity contribution in [2.24, 2.45) is 0 Å². The molecule has 5 heteroatoms. The van der Waals surface area contributed by atoms with E-state index in [-0.39, 0.29) is 12.0 Å². The Balaban J connectivity index is 1.47. The predicted molar refractivity (Wildman–Crippen MR) is 102 cm³/mol. The van der Waals surface area contributed by atoms with Crippen LogP contribution in [0, 0.1) is 0 Å². The summed E-state index contributed by atoms with van der Waals surface area (Å²) in [6.45, 7) is 0.732. The molecule has 0 radical (unpaired) electrons. The van der Waals surface area contributed by atoms with E-state index in [2.05, 4.69) is 5.32 Å². The van der Waals surface area contributed by atoms with Crippen molar-refractivity contribution in [2.75, 3.05) is 13.2 Å². The molecule has 0 unspecified atom stereocenters. The van der Waals surface area contributed by atoms with Crippen LogP contribution in [0.3, 0.4) is 0 Å². The first-order valence-corrected chi connectivity index (χ1v) is 8.77. The van der Waals surface area contributed by atoms with Crippen LogP contribution in [0.15, 0.2) is 77.4 Å². The Morgan fingerprint density at radius 2 is 1.78 bits per heavy atom. The molecule has 27 heavy (non-hydrogen) atoms. The number of carbonyl (C=O) groups is 1. The molecular weight excluding hydrogens is 342 g/mol. The van der Waals surface area contributed by atoms with Crippen molar-refractivity contribution in [1.29, 1.82) is 0 Å². The number of hydrogen-bond acceptors (Lipinski definition) is 4. The van der Waals surface area contributed by atoms with Crippen LogP contribution in [0.4, 0.5) is 0 Å². The molecule has 5 nitrogen and oxygen atoms in total. The van der Waals surface area contributed by atoms with E-state index in [0.29, 0.717) is 30.2 Å². The van der Waals surface area contributed by atoms with E-state index in [1.54, 1.807) is 18.4 Å². The van der Waals surface area contributed by atoms with Crippen LogP contribution in [0.5, 0.6) is 11.5 Å². The van der Waals surface area contributed by atoms with E-state index < -0.39 is 0 Å². The van der Waals surface area contributed by atoms with Gasteiger partial charge in [-0.15, -0.1) is 0 Å². The van der Waals surface area contributed by atoms with Gasteiger partial charge in [0.25, 0.3) is 5.91 Å². The molecule has 1 amide bonds. The fraction of sp³-hybridized carbons (Fsp3) is 0.136. The van der Waals surface area contributed by atoms with Gasteiger partial charge in [-0.1, -0.05) is 42.5 Å². The largest absolute Gasteiger partial charge is 0.486 e. The van der Waals surface area contributed by atoms with Gasteiger partial charge in [0.2, 0.25) is 0 Å². The van der Waals surface area contributed by atoms with Crippen molar-refractivity contribution < 1.29 is 18.7 Å². The van der Waals surface area contributed by atoms with Crippen molar-refractivity contribution in [2.45, 2.75) is 6.10 Å². The topological polar surface area (TPSA) is 60.7 Å². The van der Waals surface area contributed by atoms with Crippen molar-refractivity contribution in [3.8, 4) is 11.5 Å². The zero-order valence-corrected chi connectivity index (χ0v) is 14.6. The fourth-order valence-corrected chi connectivity index (χ4v) is 2.88. The zero-order valence-electron chi connectivity index (χ0n) is 14.6. The maximum absolute atomic E-state index is 12.8. The SMILES string of the molecule is O=C(NC[C@H]1COc2ccccc2O1)/C(=C/c1ccco1)c1ccccc1. The van der Waals surface area contributed by atoms with Crippen molar-refractivity contribution >= 4 is 17.6 Å². The lowest BCUT2D eigenvalue weighted by atomic mass is 10.0. The van der Waals surface area contributed by atoms with E-state index in [0.717, 1.165) is 11.3 Å². The van der Waals surface area contributed by atoms with E-state index in [9.17, 15) is 4.79 Å². The number of amides is 1. The second kappa shape index (κ2) is 7.83. The molecule has 1 atom stereocenters. The molecule has 4 rings (SSSR count). The summed E-state index contributed by atoms with van der Waals surface area (Å²) < 4.78 is 17.0. The number of ether oxygens (including phenoxy) is 2. The first-order valence-electron chi connectivity index (χ1n) is 8.77. The first kappa shape index (κ1) is 17.0. The van der Waals surface area contributed by atoms with Crippen LogP contribution in [-0.4, -0.2) is 25.2 Å². The van der Waals surface area contributed by atoms with Crippen molar-refractivity contribution in [3.63, 3.8) is 0 Å². The van der Waals surface area contributed by atoms with Gasteiger partial charge in [0, 0.05) is 0 Å². The van der Waals surface area contributed by atoms with Crippen molar-refractivity contribution in [3.05, 3.63) is 84.3 Å². The molecule has 1 aromatic heterocycles. The predicted octanol–water partition coefficient (Wildman–Crippen LogP) is 3.78. The van der Waals surface area contributed by atoms with E-state index in [4.69, 9.17) is 13.9 Å². The van der Waals surface area contributed by atoms with Gasteiger partial charge in [-0.3, -0.25) is 4.79 Å². The summed E-state index contributed by atoms with van der Waals surface area (Å²) in [4.78, 5) is 12.8. The third-order valence-corrected chi connectivity index (χ3v) is 4.22. The van der Waals surface area contributed by atoms with Gasteiger partial charge in [0.1, 0.15) is 18.5 Å². The molecule has 1 aliphatic rings. The average molecular weight is 361 g/mol. The fourth-order valence-electron chi connectivity index (χ4n) is 2.88. The van der Waals surface area contributed by atoms with Crippen LogP contribution < -0.4 is 14.8 Å². The lowest BCUT2D eigenvalue weighted by Crippen LogP contribution is -2.41. The quantitative estimate of drug-likeness (QED) is 0.703. The zero-order chi connectivity index (χ0) is 18.5.